The largest absolute Gasteiger partial charge is 0.494 e. The molecule has 6 aromatic carbocycles. The molecule has 3 aliphatic rings. The molecule has 0 bridgehead atoms. The maximum atomic E-state index is 14.5. The molecule has 21 heteroatoms. The van der Waals surface area contributed by atoms with Crippen molar-refractivity contribution in [2.24, 2.45) is 22.0 Å². The number of nitrogens with zero attached hydrogens (tertiary/aromatic N) is 5. The van der Waals surface area contributed by atoms with Gasteiger partial charge in [0.05, 0.1) is 60.9 Å². The number of carbonyl (C=O) groups excluding carboxylic acids is 6. The minimum Gasteiger partial charge on any atom is -0.494 e. The van der Waals surface area contributed by atoms with Gasteiger partial charge in [-0.1, -0.05) is 155 Å². The topological polar surface area (TPSA) is 220 Å². The van der Waals surface area contributed by atoms with Crippen molar-refractivity contribution in [3.05, 3.63) is 187 Å². The molecule has 2 saturated carbocycles. The fraction of sp³-hybridized carbons (Fsp3) is 0.462. The Balaban J connectivity index is 0.805. The highest BCUT2D eigenvalue weighted by molar-refractivity contribution is 8.00. The second kappa shape index (κ2) is 46.4. The monoisotopic (exact) mass is 1560 g/mol. The number of esters is 6. The number of thiazole rings is 1. The van der Waals surface area contributed by atoms with Gasteiger partial charge in [-0.3, -0.25) is 24.2 Å². The Bertz CT molecular complexity index is 4160. The molecule has 7 aromatic rings. The summed E-state index contributed by atoms with van der Waals surface area (Å²) in [4.78, 5) is 84.2. The third-order valence-electron chi connectivity index (χ3n) is 20.5. The zero-order valence-corrected chi connectivity index (χ0v) is 67.0. The Morgan fingerprint density at radius 3 is 1.48 bits per heavy atom. The van der Waals surface area contributed by atoms with Crippen LogP contribution in [0.25, 0.3) is 21.3 Å². The number of rotatable bonds is 47. The molecule has 112 heavy (non-hydrogen) atoms. The Morgan fingerprint density at radius 1 is 0.509 bits per heavy atom. The first-order valence-corrected chi connectivity index (χ1v) is 42.3. The lowest BCUT2D eigenvalue weighted by molar-refractivity contribution is -0.153. The van der Waals surface area contributed by atoms with E-state index in [-0.39, 0.29) is 54.3 Å². The number of hydrogen-bond acceptors (Lipinski definition) is 21. The van der Waals surface area contributed by atoms with Crippen molar-refractivity contribution in [3.8, 4) is 34.1 Å². The van der Waals surface area contributed by atoms with Crippen molar-refractivity contribution in [3.63, 3.8) is 0 Å². The lowest BCUT2D eigenvalue weighted by Crippen LogP contribution is -2.30. The Hall–Kier alpha value is -9.60. The lowest BCUT2D eigenvalue weighted by atomic mass is 9.87. The summed E-state index contributed by atoms with van der Waals surface area (Å²) in [6.07, 6.45) is 27.4. The third-order valence-corrected chi connectivity index (χ3v) is 22.9. The number of unbranched alkanes of at least 4 members (excludes halogenated alkanes) is 12. The number of anilines is 1. The first kappa shape index (κ1) is 84.8. The van der Waals surface area contributed by atoms with Gasteiger partial charge in [0.1, 0.15) is 40.6 Å². The lowest BCUT2D eigenvalue weighted by Gasteiger charge is -2.27. The van der Waals surface area contributed by atoms with Gasteiger partial charge in [-0.15, -0.1) is 0 Å². The van der Waals surface area contributed by atoms with E-state index in [0.717, 1.165) is 165 Å². The summed E-state index contributed by atoms with van der Waals surface area (Å²) in [5, 5.41) is 15.4. The number of thioether (sulfide) groups is 1. The van der Waals surface area contributed by atoms with E-state index in [1.165, 1.54) is 22.6 Å². The second-order valence-electron chi connectivity index (χ2n) is 29.1. The quantitative estimate of drug-likeness (QED) is 0.00658. The second-order valence-corrected chi connectivity index (χ2v) is 31.3. The van der Waals surface area contributed by atoms with E-state index in [1.807, 2.05) is 126 Å². The van der Waals surface area contributed by atoms with Crippen LogP contribution in [0.1, 0.15) is 209 Å². The number of aryl methyl sites for hydroxylation is 2. The van der Waals surface area contributed by atoms with Crippen LogP contribution in [-0.2, 0) is 67.0 Å². The van der Waals surface area contributed by atoms with E-state index < -0.39 is 23.8 Å². The van der Waals surface area contributed by atoms with E-state index in [2.05, 4.69) is 62.3 Å². The number of carbonyl (C=O) groups is 6. The van der Waals surface area contributed by atoms with Gasteiger partial charge in [0, 0.05) is 60.5 Å². The first-order valence-electron chi connectivity index (χ1n) is 40.6. The number of benzene rings is 6. The number of aromatic nitrogens is 1. The molecule has 2 fully saturated rings. The van der Waals surface area contributed by atoms with E-state index in [4.69, 9.17) is 53.1 Å². The number of hydrazone groups is 2. The molecule has 0 N–H and O–H groups in total. The molecular weight excluding hydrogens is 1450 g/mol. The molecule has 1 atom stereocenters. The van der Waals surface area contributed by atoms with Crippen LogP contribution < -0.4 is 24.0 Å². The van der Waals surface area contributed by atoms with Crippen LogP contribution in [0, 0.1) is 11.8 Å². The summed E-state index contributed by atoms with van der Waals surface area (Å²) < 4.78 is 47.9. The summed E-state index contributed by atoms with van der Waals surface area (Å²) in [5.74, 6) is -0.635. The zero-order chi connectivity index (χ0) is 78.5. The molecule has 2 heterocycles. The standard InChI is InChI=1S/C91H111N5O14S2/c1-5-9-11-21-55-95(84-63-72-27-17-19-29-82(72)111-84)92-64-73-61-70(41-51-80(73)109-89(101)68-37-47-77(48-38-68)107-87(99)53-35-66-31-43-75(44-32-66)103-57-23-13-15-25-59-105-85(97)7-3)71-42-52-81(74(62-71)65-93-96(56-22-12-10-6-2)91-94-79-28-18-20-30-83(79)112-91)110-90(102)69-39-49-78(50-40-69)108-88(100)54-36-67-33-45-76(46-34-67)104-58-24-14-16-26-60-106-86(98)8-4/h7-8,17-20,27-34,41-46,51-52,61-62,64-65,68-69,77-78,84H,3-6,9-16,21-26,35-40,47-50,53-60,63H2,1-2H3/b92-64+,93-65+. The highest BCUT2D eigenvalue weighted by Gasteiger charge is 2.33. The van der Waals surface area contributed by atoms with E-state index in [9.17, 15) is 28.8 Å². The Kier molecular flexibility index (Phi) is 35.2. The van der Waals surface area contributed by atoms with Crippen molar-refractivity contribution in [1.29, 1.82) is 0 Å². The van der Waals surface area contributed by atoms with Gasteiger partial charge < -0.3 is 37.9 Å². The van der Waals surface area contributed by atoms with Crippen molar-refractivity contribution in [2.45, 2.75) is 223 Å². The first-order chi connectivity index (χ1) is 54.8. The number of fused-ring (bicyclic) bond motifs is 2. The average molecular weight is 1560 g/mol. The summed E-state index contributed by atoms with van der Waals surface area (Å²) in [6, 6.07) is 43.7. The van der Waals surface area contributed by atoms with Gasteiger partial charge in [-0.25, -0.2) is 19.6 Å². The molecule has 1 unspecified atom stereocenters. The van der Waals surface area contributed by atoms with E-state index >= 15 is 0 Å². The third kappa shape index (κ3) is 27.9. The molecule has 1 aliphatic heterocycles. The smallest absolute Gasteiger partial charge is 0.330 e. The summed E-state index contributed by atoms with van der Waals surface area (Å²) in [5.41, 5.74) is 6.99. The highest BCUT2D eigenvalue weighted by Crippen LogP contribution is 2.40. The Morgan fingerprint density at radius 2 is 0.982 bits per heavy atom. The maximum absolute atomic E-state index is 14.5. The van der Waals surface area contributed by atoms with Crippen LogP contribution in [-0.4, -0.2) is 115 Å². The summed E-state index contributed by atoms with van der Waals surface area (Å²) >= 11 is 3.40. The van der Waals surface area contributed by atoms with E-state index in [0.29, 0.717) is 120 Å². The summed E-state index contributed by atoms with van der Waals surface area (Å²) in [6.45, 7) is 14.6. The van der Waals surface area contributed by atoms with Crippen LogP contribution in [0.5, 0.6) is 23.0 Å². The minimum absolute atomic E-state index is 0.0678. The van der Waals surface area contributed by atoms with Crippen LogP contribution in [0.3, 0.4) is 0 Å². The van der Waals surface area contributed by atoms with Crippen molar-refractivity contribution in [1.82, 2.24) is 9.99 Å². The van der Waals surface area contributed by atoms with Gasteiger partial charge in [0.25, 0.3) is 0 Å². The minimum atomic E-state index is -0.420. The van der Waals surface area contributed by atoms with Gasteiger partial charge in [-0.05, 0) is 223 Å². The average Bonchev–Trinajstić information content (AvgIpc) is 1.46. The molecule has 19 nitrogen and oxygen atoms in total. The molecule has 1 aromatic heterocycles. The van der Waals surface area contributed by atoms with Gasteiger partial charge in [0.2, 0.25) is 5.13 Å². The van der Waals surface area contributed by atoms with Gasteiger partial charge in [-0.2, -0.15) is 10.2 Å². The predicted molar refractivity (Wildman–Crippen MR) is 444 cm³/mol. The molecule has 0 saturated heterocycles. The molecule has 0 amide bonds. The number of hydrogen-bond donors (Lipinski definition) is 0. The van der Waals surface area contributed by atoms with Crippen LogP contribution in [0.2, 0.25) is 0 Å². The SMILES string of the molecule is C=CC(=O)OCCCCCCOc1ccc(CCC(=O)OC2CCC(C(=O)Oc3ccc(-c4ccc(OC(=O)C5CCC(OC(=O)CCc6ccc(OCCCCCCOC(=O)C=C)cc6)CC5)c(/C=N/N(CCCCCC)C5Cc6ccccc6S5)c4)cc3/C=N/N(CCCCCC)c3nc4ccccc4s3)CC2)cc1. The van der Waals surface area contributed by atoms with Crippen molar-refractivity contribution >= 4 is 86.7 Å². The zero-order valence-electron chi connectivity index (χ0n) is 65.3. The maximum Gasteiger partial charge on any atom is 0.330 e. The normalized spacial score (nSPS) is 16.6. The molecule has 2 aliphatic carbocycles. The highest BCUT2D eigenvalue weighted by atomic mass is 32.2. The van der Waals surface area contributed by atoms with Gasteiger partial charge in [0.15, 0.2) is 0 Å². The number of ether oxygens (including phenoxy) is 8. The van der Waals surface area contributed by atoms with Crippen molar-refractivity contribution < 1.29 is 66.7 Å². The molecular formula is C91H111N5O14S2. The van der Waals surface area contributed by atoms with E-state index in [1.54, 1.807) is 17.6 Å². The molecule has 0 radical (unpaired) electrons. The predicted octanol–water partition coefficient (Wildman–Crippen LogP) is 19.9. The van der Waals surface area contributed by atoms with Crippen LogP contribution in [0.15, 0.2) is 174 Å². The fourth-order valence-corrected chi connectivity index (χ4v) is 16.2. The molecule has 596 valence electrons. The Labute approximate surface area is 669 Å². The van der Waals surface area contributed by atoms with Crippen LogP contribution >= 0.6 is 23.1 Å². The van der Waals surface area contributed by atoms with Crippen LogP contribution in [0.4, 0.5) is 5.13 Å². The molecule has 10 rings (SSSR count). The van der Waals surface area contributed by atoms with Crippen molar-refractivity contribution in [2.75, 3.05) is 44.5 Å². The summed E-state index contributed by atoms with van der Waals surface area (Å²) in [7, 11) is 0. The number of para-hydroxylation sites is 1. The van der Waals surface area contributed by atoms with Gasteiger partial charge >= 0.3 is 35.8 Å². The molecule has 0 spiro atoms. The fourth-order valence-electron chi connectivity index (χ4n) is 13.9.